The fraction of sp³-hybridized carbons (Fsp3) is 0.316. The summed E-state index contributed by atoms with van der Waals surface area (Å²) in [5.74, 6) is 0.300. The van der Waals surface area contributed by atoms with E-state index in [9.17, 15) is 4.79 Å². The Morgan fingerprint density at radius 3 is 2.58 bits per heavy atom. The van der Waals surface area contributed by atoms with E-state index in [0.717, 1.165) is 19.3 Å². The van der Waals surface area contributed by atoms with E-state index in [2.05, 4.69) is 17.4 Å². The van der Waals surface area contributed by atoms with E-state index in [0.29, 0.717) is 22.3 Å². The predicted molar refractivity (Wildman–Crippen MR) is 98.9 cm³/mol. The lowest BCUT2D eigenvalue weighted by Crippen LogP contribution is -2.36. The van der Waals surface area contributed by atoms with Crippen molar-refractivity contribution in [3.63, 3.8) is 0 Å². The number of aryl methyl sites for hydroxylation is 1. The van der Waals surface area contributed by atoms with E-state index >= 15 is 0 Å². The molecule has 0 fully saturated rings. The maximum atomic E-state index is 12.1. The minimum absolute atomic E-state index is 0.152. The molecule has 1 atom stereocenters. The highest BCUT2D eigenvalue weighted by Crippen LogP contribution is 2.28. The largest absolute Gasteiger partial charge is 0.479 e. The minimum Gasteiger partial charge on any atom is -0.479 e. The minimum atomic E-state index is -0.613. The zero-order valence-corrected chi connectivity index (χ0v) is 15.1. The van der Waals surface area contributed by atoms with Crippen LogP contribution in [0.5, 0.6) is 5.75 Å². The van der Waals surface area contributed by atoms with Crippen LogP contribution in [0.3, 0.4) is 0 Å². The van der Waals surface area contributed by atoms with Gasteiger partial charge in [0.15, 0.2) is 6.10 Å². The third-order valence-electron chi connectivity index (χ3n) is 3.60. The van der Waals surface area contributed by atoms with Crippen LogP contribution in [0, 0.1) is 0 Å². The summed E-state index contributed by atoms with van der Waals surface area (Å²) in [5.41, 5.74) is 1.32. The van der Waals surface area contributed by atoms with Crippen LogP contribution < -0.4 is 10.1 Å². The second-order valence-corrected chi connectivity index (χ2v) is 6.41. The molecule has 128 valence electrons. The molecule has 0 unspecified atom stereocenters. The molecule has 0 aliphatic carbocycles. The van der Waals surface area contributed by atoms with Crippen LogP contribution in [0.1, 0.15) is 25.3 Å². The molecule has 0 aliphatic heterocycles. The molecule has 0 aliphatic rings. The van der Waals surface area contributed by atoms with Crippen molar-refractivity contribution in [3.8, 4) is 5.75 Å². The van der Waals surface area contributed by atoms with E-state index in [1.165, 1.54) is 5.56 Å². The van der Waals surface area contributed by atoms with Crippen LogP contribution in [-0.2, 0) is 11.2 Å². The molecule has 0 bridgehead atoms. The Hall–Kier alpha value is -1.71. The lowest BCUT2D eigenvalue weighted by atomic mass is 10.1. The highest BCUT2D eigenvalue weighted by atomic mass is 35.5. The fourth-order valence-electron chi connectivity index (χ4n) is 2.27. The van der Waals surface area contributed by atoms with E-state index in [-0.39, 0.29) is 5.91 Å². The van der Waals surface area contributed by atoms with Gasteiger partial charge >= 0.3 is 0 Å². The topological polar surface area (TPSA) is 38.3 Å². The molecule has 0 aromatic heterocycles. The summed E-state index contributed by atoms with van der Waals surface area (Å²) in [7, 11) is 0. The molecule has 1 amide bonds. The van der Waals surface area contributed by atoms with Gasteiger partial charge in [0.2, 0.25) is 0 Å². The molecule has 0 heterocycles. The van der Waals surface area contributed by atoms with Gasteiger partial charge in [-0.3, -0.25) is 4.79 Å². The molecule has 0 saturated carbocycles. The average Bonchev–Trinajstić information content (AvgIpc) is 2.57. The summed E-state index contributed by atoms with van der Waals surface area (Å²) >= 11 is 11.9. The van der Waals surface area contributed by atoms with Crippen molar-refractivity contribution in [2.24, 2.45) is 0 Å². The Morgan fingerprint density at radius 2 is 1.88 bits per heavy atom. The number of ether oxygens (including phenoxy) is 1. The lowest BCUT2D eigenvalue weighted by Gasteiger charge is -2.15. The van der Waals surface area contributed by atoms with Crippen molar-refractivity contribution < 1.29 is 9.53 Å². The SMILES string of the molecule is C[C@H](Oc1ccc(Cl)cc1Cl)C(=O)NCCCCc1ccccc1. The summed E-state index contributed by atoms with van der Waals surface area (Å²) in [6.45, 7) is 2.33. The molecule has 2 aromatic rings. The summed E-state index contributed by atoms with van der Waals surface area (Å²) in [4.78, 5) is 12.1. The number of benzene rings is 2. The maximum Gasteiger partial charge on any atom is 0.260 e. The molecular weight excluding hydrogens is 345 g/mol. The van der Waals surface area contributed by atoms with Gasteiger partial charge in [0.25, 0.3) is 5.91 Å². The third-order valence-corrected chi connectivity index (χ3v) is 4.13. The number of amides is 1. The van der Waals surface area contributed by atoms with Gasteiger partial charge in [-0.2, -0.15) is 0 Å². The third kappa shape index (κ3) is 6.06. The van der Waals surface area contributed by atoms with Gasteiger partial charge in [-0.25, -0.2) is 0 Å². The standard InChI is InChI=1S/C19H21Cl2NO2/c1-14(24-18-11-10-16(20)13-17(18)21)19(23)22-12-6-5-9-15-7-3-2-4-8-15/h2-4,7-8,10-11,13-14H,5-6,9,12H2,1H3,(H,22,23)/t14-/m0/s1. The smallest absolute Gasteiger partial charge is 0.260 e. The quantitative estimate of drug-likeness (QED) is 0.675. The van der Waals surface area contributed by atoms with E-state index in [4.69, 9.17) is 27.9 Å². The molecule has 3 nitrogen and oxygen atoms in total. The van der Waals surface area contributed by atoms with Gasteiger partial charge in [0.1, 0.15) is 5.75 Å². The van der Waals surface area contributed by atoms with Crippen molar-refractivity contribution in [1.82, 2.24) is 5.32 Å². The average molecular weight is 366 g/mol. The number of carbonyl (C=O) groups excluding carboxylic acids is 1. The molecular formula is C19H21Cl2NO2. The second kappa shape index (κ2) is 9.55. The van der Waals surface area contributed by atoms with Crippen molar-refractivity contribution in [1.29, 1.82) is 0 Å². The first kappa shape index (κ1) is 18.6. The highest BCUT2D eigenvalue weighted by molar-refractivity contribution is 6.35. The number of hydrogen-bond donors (Lipinski definition) is 1. The molecule has 24 heavy (non-hydrogen) atoms. The summed E-state index contributed by atoms with van der Waals surface area (Å²) in [6, 6.07) is 15.3. The van der Waals surface area contributed by atoms with Crippen molar-refractivity contribution in [3.05, 3.63) is 64.1 Å². The van der Waals surface area contributed by atoms with Gasteiger partial charge in [-0.05, 0) is 49.9 Å². The summed E-state index contributed by atoms with van der Waals surface area (Å²) < 4.78 is 5.59. The first-order valence-corrected chi connectivity index (χ1v) is 8.75. The van der Waals surface area contributed by atoms with Gasteiger partial charge in [0.05, 0.1) is 5.02 Å². The predicted octanol–water partition coefficient (Wildman–Crippen LogP) is 4.90. The number of rotatable bonds is 8. The molecule has 1 N–H and O–H groups in total. The van der Waals surface area contributed by atoms with Crippen LogP contribution >= 0.6 is 23.2 Å². The molecule has 0 spiro atoms. The Morgan fingerprint density at radius 1 is 1.12 bits per heavy atom. The maximum absolute atomic E-state index is 12.1. The number of unbranched alkanes of at least 4 members (excludes halogenated alkanes) is 1. The number of halogens is 2. The number of nitrogens with one attached hydrogen (secondary N) is 1. The lowest BCUT2D eigenvalue weighted by molar-refractivity contribution is -0.127. The zero-order chi connectivity index (χ0) is 17.4. The summed E-state index contributed by atoms with van der Waals surface area (Å²) in [5, 5.41) is 3.81. The van der Waals surface area contributed by atoms with Crippen LogP contribution in [-0.4, -0.2) is 18.6 Å². The van der Waals surface area contributed by atoms with E-state index in [1.807, 2.05) is 18.2 Å². The van der Waals surface area contributed by atoms with Crippen LogP contribution in [0.25, 0.3) is 0 Å². The Balaban J connectivity index is 1.68. The van der Waals surface area contributed by atoms with Crippen molar-refractivity contribution >= 4 is 29.1 Å². The van der Waals surface area contributed by atoms with Gasteiger partial charge in [0, 0.05) is 11.6 Å². The van der Waals surface area contributed by atoms with E-state index < -0.39 is 6.10 Å². The Bertz CT molecular complexity index is 662. The molecule has 2 rings (SSSR count). The first-order valence-electron chi connectivity index (χ1n) is 7.99. The monoisotopic (exact) mass is 365 g/mol. The highest BCUT2D eigenvalue weighted by Gasteiger charge is 2.15. The van der Waals surface area contributed by atoms with Gasteiger partial charge in [-0.15, -0.1) is 0 Å². The zero-order valence-electron chi connectivity index (χ0n) is 13.6. The van der Waals surface area contributed by atoms with Gasteiger partial charge in [-0.1, -0.05) is 53.5 Å². The van der Waals surface area contributed by atoms with Crippen LogP contribution in [0.4, 0.5) is 0 Å². The number of hydrogen-bond acceptors (Lipinski definition) is 2. The Kier molecular flexibility index (Phi) is 7.41. The van der Waals surface area contributed by atoms with Crippen molar-refractivity contribution in [2.75, 3.05) is 6.54 Å². The number of carbonyl (C=O) groups is 1. The van der Waals surface area contributed by atoms with Gasteiger partial charge < -0.3 is 10.1 Å². The first-order chi connectivity index (χ1) is 11.6. The second-order valence-electron chi connectivity index (χ2n) is 5.57. The van der Waals surface area contributed by atoms with E-state index in [1.54, 1.807) is 25.1 Å². The normalized spacial score (nSPS) is 11.8. The molecule has 2 aromatic carbocycles. The Labute approximate surface area is 152 Å². The van der Waals surface area contributed by atoms with Crippen LogP contribution in [0.15, 0.2) is 48.5 Å². The van der Waals surface area contributed by atoms with Crippen LogP contribution in [0.2, 0.25) is 10.0 Å². The molecule has 5 heteroatoms. The molecule has 0 radical (unpaired) electrons. The van der Waals surface area contributed by atoms with Crippen molar-refractivity contribution in [2.45, 2.75) is 32.3 Å². The summed E-state index contributed by atoms with van der Waals surface area (Å²) in [6.07, 6.45) is 2.36. The fourth-order valence-corrected chi connectivity index (χ4v) is 2.72. The molecule has 0 saturated heterocycles.